The Morgan fingerprint density at radius 1 is 1.56 bits per heavy atom. The van der Waals surface area contributed by atoms with Crippen LogP contribution in [0, 0.1) is 12.7 Å². The molecular weight excluding hydrogens is 297 g/mol. The molecule has 94 valence electrons. The van der Waals surface area contributed by atoms with Gasteiger partial charge in [-0.25, -0.2) is 9.37 Å². The van der Waals surface area contributed by atoms with E-state index < -0.39 is 0 Å². The highest BCUT2D eigenvalue weighted by Crippen LogP contribution is 2.30. The zero-order chi connectivity index (χ0) is 13.3. The standard InChI is InChI=1S/C13H13BrFN3/c1-3-6-18-8(2)17-12(13(18)16)10-5-4-9(14)7-11(10)15/h3-5,7H,1,6,16H2,2H3. The van der Waals surface area contributed by atoms with Crippen LogP contribution in [0.4, 0.5) is 10.2 Å². The molecule has 3 nitrogen and oxygen atoms in total. The zero-order valence-electron chi connectivity index (χ0n) is 9.95. The van der Waals surface area contributed by atoms with Gasteiger partial charge in [-0.3, -0.25) is 0 Å². The minimum atomic E-state index is -0.348. The van der Waals surface area contributed by atoms with Crippen LogP contribution >= 0.6 is 15.9 Å². The number of aromatic nitrogens is 2. The lowest BCUT2D eigenvalue weighted by molar-refractivity contribution is 0.630. The van der Waals surface area contributed by atoms with Crippen molar-refractivity contribution in [3.63, 3.8) is 0 Å². The number of benzene rings is 1. The number of allylic oxidation sites excluding steroid dienone is 1. The number of nitrogens with zero attached hydrogens (tertiary/aromatic N) is 2. The molecule has 1 aromatic carbocycles. The fraction of sp³-hybridized carbons (Fsp3) is 0.154. The van der Waals surface area contributed by atoms with Crippen molar-refractivity contribution >= 4 is 21.7 Å². The Kier molecular flexibility index (Phi) is 3.52. The fourth-order valence-corrected chi connectivity index (χ4v) is 2.15. The fourth-order valence-electron chi connectivity index (χ4n) is 1.82. The van der Waals surface area contributed by atoms with Gasteiger partial charge in [-0.2, -0.15) is 0 Å². The highest BCUT2D eigenvalue weighted by atomic mass is 79.9. The molecule has 0 unspecified atom stereocenters. The van der Waals surface area contributed by atoms with Gasteiger partial charge in [0.1, 0.15) is 23.2 Å². The summed E-state index contributed by atoms with van der Waals surface area (Å²) in [5, 5.41) is 0. The minimum Gasteiger partial charge on any atom is -0.383 e. The summed E-state index contributed by atoms with van der Waals surface area (Å²) in [6, 6.07) is 4.83. The topological polar surface area (TPSA) is 43.8 Å². The molecule has 0 saturated carbocycles. The number of rotatable bonds is 3. The van der Waals surface area contributed by atoms with Crippen LogP contribution in [-0.2, 0) is 6.54 Å². The van der Waals surface area contributed by atoms with Crippen LogP contribution in [-0.4, -0.2) is 9.55 Å². The Balaban J connectivity index is 2.57. The van der Waals surface area contributed by atoms with Crippen molar-refractivity contribution in [2.75, 3.05) is 5.73 Å². The molecule has 0 atom stereocenters. The number of nitrogen functional groups attached to an aromatic ring is 1. The maximum Gasteiger partial charge on any atom is 0.133 e. The first kappa shape index (κ1) is 12.8. The molecule has 0 fully saturated rings. The molecule has 0 amide bonds. The first-order chi connectivity index (χ1) is 8.54. The summed E-state index contributed by atoms with van der Waals surface area (Å²) < 4.78 is 16.4. The predicted octanol–water partition coefficient (Wildman–Crippen LogP) is 3.53. The van der Waals surface area contributed by atoms with Crippen molar-refractivity contribution in [3.8, 4) is 11.3 Å². The Morgan fingerprint density at radius 3 is 2.89 bits per heavy atom. The third kappa shape index (κ3) is 2.18. The molecule has 0 bridgehead atoms. The van der Waals surface area contributed by atoms with Crippen molar-refractivity contribution in [3.05, 3.63) is 47.0 Å². The van der Waals surface area contributed by atoms with Crippen molar-refractivity contribution in [1.29, 1.82) is 0 Å². The average Bonchev–Trinajstić information content (AvgIpc) is 2.58. The lowest BCUT2D eigenvalue weighted by Crippen LogP contribution is -2.03. The summed E-state index contributed by atoms with van der Waals surface area (Å²) in [7, 11) is 0. The van der Waals surface area contributed by atoms with Gasteiger partial charge in [0.15, 0.2) is 0 Å². The summed E-state index contributed by atoms with van der Waals surface area (Å²) >= 11 is 3.22. The zero-order valence-corrected chi connectivity index (χ0v) is 11.5. The van der Waals surface area contributed by atoms with Crippen LogP contribution in [0.3, 0.4) is 0 Å². The van der Waals surface area contributed by atoms with Gasteiger partial charge in [0.2, 0.25) is 0 Å². The van der Waals surface area contributed by atoms with Crippen LogP contribution in [0.25, 0.3) is 11.3 Å². The Hall–Kier alpha value is -1.62. The molecule has 0 spiro atoms. The maximum absolute atomic E-state index is 13.9. The second-order valence-corrected chi connectivity index (χ2v) is 4.83. The van der Waals surface area contributed by atoms with Gasteiger partial charge in [-0.1, -0.05) is 22.0 Å². The third-order valence-electron chi connectivity index (χ3n) is 2.70. The summed E-state index contributed by atoms with van der Waals surface area (Å²) in [5.74, 6) is 0.845. The second-order valence-electron chi connectivity index (χ2n) is 3.92. The molecule has 0 saturated heterocycles. The lowest BCUT2D eigenvalue weighted by atomic mass is 10.1. The maximum atomic E-state index is 13.9. The molecule has 0 aliphatic heterocycles. The number of halogens is 2. The Bertz CT molecular complexity index is 605. The molecule has 0 aliphatic rings. The minimum absolute atomic E-state index is 0.348. The second kappa shape index (κ2) is 4.94. The number of aryl methyl sites for hydroxylation is 1. The smallest absolute Gasteiger partial charge is 0.133 e. The van der Waals surface area contributed by atoms with Crippen LogP contribution in [0.5, 0.6) is 0 Å². The number of hydrogen-bond donors (Lipinski definition) is 1. The molecule has 0 radical (unpaired) electrons. The predicted molar refractivity (Wildman–Crippen MR) is 74.7 cm³/mol. The van der Waals surface area contributed by atoms with Gasteiger partial charge in [-0.15, -0.1) is 6.58 Å². The molecule has 1 heterocycles. The lowest BCUT2D eigenvalue weighted by Gasteiger charge is -2.05. The van der Waals surface area contributed by atoms with Gasteiger partial charge >= 0.3 is 0 Å². The SMILES string of the molecule is C=CCn1c(C)nc(-c2ccc(Br)cc2F)c1N. The number of nitrogens with two attached hydrogens (primary N) is 1. The van der Waals surface area contributed by atoms with E-state index in [9.17, 15) is 4.39 Å². The molecule has 2 N–H and O–H groups in total. The van der Waals surface area contributed by atoms with Crippen molar-refractivity contribution in [2.24, 2.45) is 0 Å². The summed E-state index contributed by atoms with van der Waals surface area (Å²) in [6.07, 6.45) is 1.73. The van der Waals surface area contributed by atoms with E-state index in [-0.39, 0.29) is 5.82 Å². The molecule has 18 heavy (non-hydrogen) atoms. The largest absolute Gasteiger partial charge is 0.383 e. The number of hydrogen-bond acceptors (Lipinski definition) is 2. The van der Waals surface area contributed by atoms with E-state index in [1.54, 1.807) is 22.8 Å². The monoisotopic (exact) mass is 309 g/mol. The van der Waals surface area contributed by atoms with Gasteiger partial charge in [0.25, 0.3) is 0 Å². The number of imidazole rings is 1. The average molecular weight is 310 g/mol. The van der Waals surface area contributed by atoms with E-state index in [0.29, 0.717) is 28.1 Å². The van der Waals surface area contributed by atoms with E-state index in [1.807, 2.05) is 6.92 Å². The van der Waals surface area contributed by atoms with E-state index in [2.05, 4.69) is 27.5 Å². The van der Waals surface area contributed by atoms with Gasteiger partial charge in [0, 0.05) is 16.6 Å². The van der Waals surface area contributed by atoms with Gasteiger partial charge in [-0.05, 0) is 25.1 Å². The molecule has 1 aromatic heterocycles. The first-order valence-corrected chi connectivity index (χ1v) is 6.22. The first-order valence-electron chi connectivity index (χ1n) is 5.43. The molecule has 5 heteroatoms. The van der Waals surface area contributed by atoms with Crippen LogP contribution < -0.4 is 5.73 Å². The summed E-state index contributed by atoms with van der Waals surface area (Å²) in [4.78, 5) is 4.32. The quantitative estimate of drug-likeness (QED) is 0.881. The third-order valence-corrected chi connectivity index (χ3v) is 3.19. The summed E-state index contributed by atoms with van der Waals surface area (Å²) in [6.45, 7) is 6.06. The highest BCUT2D eigenvalue weighted by molar-refractivity contribution is 9.10. The molecule has 0 aliphatic carbocycles. The van der Waals surface area contributed by atoms with E-state index >= 15 is 0 Å². The van der Waals surface area contributed by atoms with E-state index in [1.165, 1.54) is 6.07 Å². The van der Waals surface area contributed by atoms with Gasteiger partial charge < -0.3 is 10.3 Å². The Morgan fingerprint density at radius 2 is 2.28 bits per heavy atom. The molecule has 2 aromatic rings. The van der Waals surface area contributed by atoms with Crippen molar-refractivity contribution < 1.29 is 4.39 Å². The van der Waals surface area contributed by atoms with Gasteiger partial charge in [0.05, 0.1) is 0 Å². The highest BCUT2D eigenvalue weighted by Gasteiger charge is 2.16. The van der Waals surface area contributed by atoms with Crippen LogP contribution in [0.1, 0.15) is 5.82 Å². The molecular formula is C13H13BrFN3. The number of anilines is 1. The van der Waals surface area contributed by atoms with Crippen molar-refractivity contribution in [1.82, 2.24) is 9.55 Å². The van der Waals surface area contributed by atoms with E-state index in [0.717, 1.165) is 5.82 Å². The van der Waals surface area contributed by atoms with Crippen molar-refractivity contribution in [2.45, 2.75) is 13.5 Å². The van der Waals surface area contributed by atoms with Crippen LogP contribution in [0.15, 0.2) is 35.3 Å². The summed E-state index contributed by atoms with van der Waals surface area (Å²) in [5.41, 5.74) is 6.88. The van der Waals surface area contributed by atoms with Crippen LogP contribution in [0.2, 0.25) is 0 Å². The normalized spacial score (nSPS) is 10.6. The molecule has 2 rings (SSSR count). The Labute approximate surface area is 113 Å². The van der Waals surface area contributed by atoms with E-state index in [4.69, 9.17) is 5.73 Å².